The van der Waals surface area contributed by atoms with E-state index in [9.17, 15) is 9.18 Å². The predicted octanol–water partition coefficient (Wildman–Crippen LogP) is 2.85. The van der Waals surface area contributed by atoms with Crippen molar-refractivity contribution in [2.75, 3.05) is 5.32 Å². The molecule has 0 radical (unpaired) electrons. The van der Waals surface area contributed by atoms with Crippen LogP contribution < -0.4 is 11.1 Å². The van der Waals surface area contributed by atoms with Crippen LogP contribution in [0.15, 0.2) is 42.5 Å². The fourth-order valence-corrected chi connectivity index (χ4v) is 1.72. The van der Waals surface area contributed by atoms with Crippen molar-refractivity contribution in [3.63, 3.8) is 0 Å². The smallest absolute Gasteiger partial charge is 0.255 e. The highest BCUT2D eigenvalue weighted by atomic mass is 19.1. The summed E-state index contributed by atoms with van der Waals surface area (Å²) < 4.78 is 13.3. The third kappa shape index (κ3) is 3.17. The lowest BCUT2D eigenvalue weighted by Gasteiger charge is -2.07. The third-order valence-electron chi connectivity index (χ3n) is 2.84. The molecule has 4 heteroatoms. The van der Waals surface area contributed by atoms with Gasteiger partial charge in [0.05, 0.1) is 0 Å². The molecular formula is C15H15FN2O. The number of halogens is 1. The lowest BCUT2D eigenvalue weighted by molar-refractivity contribution is 0.102. The minimum atomic E-state index is -0.365. The number of aryl methyl sites for hydroxylation is 1. The summed E-state index contributed by atoms with van der Waals surface area (Å²) in [6.45, 7) is 2.05. The molecule has 0 aliphatic rings. The molecule has 19 heavy (non-hydrogen) atoms. The molecule has 2 rings (SSSR count). The van der Waals surface area contributed by atoms with E-state index >= 15 is 0 Å². The molecule has 0 spiro atoms. The molecule has 98 valence electrons. The molecule has 3 N–H and O–H groups in total. The Kier molecular flexibility index (Phi) is 3.92. The molecule has 1 amide bonds. The molecule has 0 fully saturated rings. The summed E-state index contributed by atoms with van der Waals surface area (Å²) in [6, 6.07) is 11.6. The molecule has 2 aromatic carbocycles. The number of amides is 1. The Morgan fingerprint density at radius 2 is 1.89 bits per heavy atom. The summed E-state index contributed by atoms with van der Waals surface area (Å²) in [6.07, 6.45) is 0. The van der Waals surface area contributed by atoms with Crippen LogP contribution in [0.1, 0.15) is 21.5 Å². The Labute approximate surface area is 111 Å². The number of carbonyl (C=O) groups is 1. The molecule has 0 aromatic heterocycles. The number of nitrogens with two attached hydrogens (primary N) is 1. The highest BCUT2D eigenvalue weighted by Gasteiger charge is 2.07. The zero-order valence-corrected chi connectivity index (χ0v) is 10.6. The molecule has 0 saturated carbocycles. The van der Waals surface area contributed by atoms with Gasteiger partial charge >= 0.3 is 0 Å². The second kappa shape index (κ2) is 5.63. The normalized spacial score (nSPS) is 10.3. The van der Waals surface area contributed by atoms with Gasteiger partial charge < -0.3 is 11.1 Å². The van der Waals surface area contributed by atoms with Gasteiger partial charge in [-0.1, -0.05) is 17.7 Å². The number of benzene rings is 2. The van der Waals surface area contributed by atoms with Gasteiger partial charge in [0.1, 0.15) is 5.82 Å². The second-order valence-corrected chi connectivity index (χ2v) is 4.33. The van der Waals surface area contributed by atoms with E-state index in [1.165, 1.54) is 12.1 Å². The topological polar surface area (TPSA) is 55.1 Å². The summed E-state index contributed by atoms with van der Waals surface area (Å²) in [5, 5.41) is 2.72. The molecule has 0 saturated heterocycles. The summed E-state index contributed by atoms with van der Waals surface area (Å²) in [5.74, 6) is -0.592. The van der Waals surface area contributed by atoms with Crippen LogP contribution in [-0.2, 0) is 6.54 Å². The van der Waals surface area contributed by atoms with Gasteiger partial charge in [-0.25, -0.2) is 4.39 Å². The molecule has 0 aliphatic heterocycles. The summed E-state index contributed by atoms with van der Waals surface area (Å²) >= 11 is 0. The highest BCUT2D eigenvalue weighted by molar-refractivity contribution is 6.04. The molecule has 0 aliphatic carbocycles. The van der Waals surface area contributed by atoms with Gasteiger partial charge in [0.2, 0.25) is 0 Å². The van der Waals surface area contributed by atoms with Crippen molar-refractivity contribution >= 4 is 11.6 Å². The fourth-order valence-electron chi connectivity index (χ4n) is 1.72. The van der Waals surface area contributed by atoms with Crippen molar-refractivity contribution in [3.05, 3.63) is 65.0 Å². The van der Waals surface area contributed by atoms with E-state index in [-0.39, 0.29) is 18.3 Å². The molecule has 2 aromatic rings. The average Bonchev–Trinajstić information content (AvgIpc) is 2.41. The van der Waals surface area contributed by atoms with Crippen molar-refractivity contribution in [1.82, 2.24) is 0 Å². The van der Waals surface area contributed by atoms with E-state index < -0.39 is 0 Å². The first-order chi connectivity index (χ1) is 9.10. The zero-order valence-electron chi connectivity index (χ0n) is 10.6. The van der Waals surface area contributed by atoms with E-state index in [4.69, 9.17) is 5.73 Å². The van der Waals surface area contributed by atoms with Crippen LogP contribution in [-0.4, -0.2) is 5.91 Å². The maximum atomic E-state index is 13.3. The molecule has 0 unspecified atom stereocenters. The summed E-state index contributed by atoms with van der Waals surface area (Å²) in [5.41, 5.74) is 7.98. The van der Waals surface area contributed by atoms with E-state index in [1.54, 1.807) is 18.2 Å². The van der Waals surface area contributed by atoms with Gasteiger partial charge in [-0.05, 0) is 37.3 Å². The van der Waals surface area contributed by atoms with Crippen LogP contribution in [0.4, 0.5) is 10.1 Å². The van der Waals surface area contributed by atoms with Crippen LogP contribution in [0.25, 0.3) is 0 Å². The van der Waals surface area contributed by atoms with Gasteiger partial charge in [0.25, 0.3) is 5.91 Å². The van der Waals surface area contributed by atoms with E-state index in [0.29, 0.717) is 16.8 Å². The number of rotatable bonds is 3. The van der Waals surface area contributed by atoms with Crippen molar-refractivity contribution in [2.24, 2.45) is 5.73 Å². The standard InChI is InChI=1S/C15H15FN2O/c1-10-2-4-11(5-3-10)15(19)18-13-6-7-14(16)12(8-13)9-17/h2-8H,9,17H2,1H3,(H,18,19). The molecule has 0 bridgehead atoms. The number of hydrogen-bond acceptors (Lipinski definition) is 2. The van der Waals surface area contributed by atoms with Crippen LogP contribution in [0.2, 0.25) is 0 Å². The van der Waals surface area contributed by atoms with Gasteiger partial charge in [-0.15, -0.1) is 0 Å². The monoisotopic (exact) mass is 258 g/mol. The van der Waals surface area contributed by atoms with Gasteiger partial charge in [0, 0.05) is 23.4 Å². The van der Waals surface area contributed by atoms with Crippen LogP contribution in [0.5, 0.6) is 0 Å². The largest absolute Gasteiger partial charge is 0.326 e. The van der Waals surface area contributed by atoms with Crippen LogP contribution >= 0.6 is 0 Å². The Morgan fingerprint density at radius 3 is 2.53 bits per heavy atom. The lowest BCUT2D eigenvalue weighted by atomic mass is 10.1. The first-order valence-corrected chi connectivity index (χ1v) is 5.96. The Hall–Kier alpha value is -2.20. The Balaban J connectivity index is 2.17. The second-order valence-electron chi connectivity index (χ2n) is 4.33. The van der Waals surface area contributed by atoms with E-state index in [1.807, 2.05) is 19.1 Å². The quantitative estimate of drug-likeness (QED) is 0.889. The van der Waals surface area contributed by atoms with Crippen LogP contribution in [0, 0.1) is 12.7 Å². The first-order valence-electron chi connectivity index (χ1n) is 5.96. The average molecular weight is 258 g/mol. The van der Waals surface area contributed by atoms with Crippen molar-refractivity contribution in [2.45, 2.75) is 13.5 Å². The summed E-state index contributed by atoms with van der Waals surface area (Å²) in [7, 11) is 0. The lowest BCUT2D eigenvalue weighted by Crippen LogP contribution is -2.12. The van der Waals surface area contributed by atoms with Gasteiger partial charge in [-0.3, -0.25) is 4.79 Å². The van der Waals surface area contributed by atoms with Crippen LogP contribution in [0.3, 0.4) is 0 Å². The first kappa shape index (κ1) is 13.2. The number of nitrogens with one attached hydrogen (secondary N) is 1. The maximum absolute atomic E-state index is 13.3. The zero-order chi connectivity index (χ0) is 13.8. The van der Waals surface area contributed by atoms with Crippen molar-refractivity contribution < 1.29 is 9.18 Å². The summed E-state index contributed by atoms with van der Waals surface area (Å²) in [4.78, 5) is 12.0. The number of hydrogen-bond donors (Lipinski definition) is 2. The minimum absolute atomic E-state index is 0.0973. The molecule has 3 nitrogen and oxygen atoms in total. The number of anilines is 1. The Bertz CT molecular complexity index is 594. The minimum Gasteiger partial charge on any atom is -0.326 e. The Morgan fingerprint density at radius 1 is 1.21 bits per heavy atom. The molecular weight excluding hydrogens is 243 g/mol. The molecule has 0 atom stereocenters. The SMILES string of the molecule is Cc1ccc(C(=O)Nc2ccc(F)c(CN)c2)cc1. The predicted molar refractivity (Wildman–Crippen MR) is 73.4 cm³/mol. The molecule has 0 heterocycles. The highest BCUT2D eigenvalue weighted by Crippen LogP contribution is 2.15. The van der Waals surface area contributed by atoms with E-state index in [2.05, 4.69) is 5.32 Å². The fraction of sp³-hybridized carbons (Fsp3) is 0.133. The van der Waals surface area contributed by atoms with Gasteiger partial charge in [-0.2, -0.15) is 0 Å². The van der Waals surface area contributed by atoms with Gasteiger partial charge in [0.15, 0.2) is 0 Å². The van der Waals surface area contributed by atoms with E-state index in [0.717, 1.165) is 5.56 Å². The van der Waals surface area contributed by atoms with Crippen molar-refractivity contribution in [1.29, 1.82) is 0 Å². The maximum Gasteiger partial charge on any atom is 0.255 e. The third-order valence-corrected chi connectivity index (χ3v) is 2.84. The van der Waals surface area contributed by atoms with Crippen molar-refractivity contribution in [3.8, 4) is 0 Å². The number of carbonyl (C=O) groups excluding carboxylic acids is 1.